The van der Waals surface area contributed by atoms with Crippen molar-refractivity contribution >= 4 is 11.6 Å². The molecule has 1 heterocycles. The summed E-state index contributed by atoms with van der Waals surface area (Å²) in [5, 5.41) is 8.85. The molecular formula is C13H8ClFN2O. The van der Waals surface area contributed by atoms with E-state index in [9.17, 15) is 4.39 Å². The van der Waals surface area contributed by atoms with Crippen LogP contribution in [0.4, 0.5) is 4.39 Å². The van der Waals surface area contributed by atoms with Gasteiger partial charge in [-0.15, -0.1) is 0 Å². The van der Waals surface area contributed by atoms with Crippen LogP contribution in [-0.4, -0.2) is 4.98 Å². The van der Waals surface area contributed by atoms with E-state index in [0.717, 1.165) is 0 Å². The molecule has 0 N–H and O–H groups in total. The molecule has 0 unspecified atom stereocenters. The molecule has 0 aliphatic carbocycles. The van der Waals surface area contributed by atoms with Crippen molar-refractivity contribution in [3.05, 3.63) is 52.4 Å². The lowest BCUT2D eigenvalue weighted by Gasteiger charge is -2.06. The van der Waals surface area contributed by atoms with Crippen LogP contribution in [0.2, 0.25) is 5.02 Å². The summed E-state index contributed by atoms with van der Waals surface area (Å²) in [5.41, 5.74) is 1.09. The van der Waals surface area contributed by atoms with E-state index < -0.39 is 5.82 Å². The fraction of sp³-hybridized carbons (Fsp3) is 0.0769. The zero-order chi connectivity index (χ0) is 13.1. The Morgan fingerprint density at radius 1 is 1.33 bits per heavy atom. The number of halogens is 2. The molecule has 0 amide bonds. The van der Waals surface area contributed by atoms with Crippen LogP contribution in [0.15, 0.2) is 30.3 Å². The van der Waals surface area contributed by atoms with Gasteiger partial charge in [0.05, 0.1) is 16.7 Å². The number of aryl methyl sites for hydroxylation is 1. The Labute approximate surface area is 108 Å². The molecule has 0 saturated heterocycles. The maximum atomic E-state index is 13.2. The zero-order valence-electron chi connectivity index (χ0n) is 9.45. The summed E-state index contributed by atoms with van der Waals surface area (Å²) in [7, 11) is 0. The van der Waals surface area contributed by atoms with Gasteiger partial charge in [-0.25, -0.2) is 9.37 Å². The maximum absolute atomic E-state index is 13.2. The van der Waals surface area contributed by atoms with E-state index in [1.54, 1.807) is 13.0 Å². The third-order valence-corrected chi connectivity index (χ3v) is 2.48. The van der Waals surface area contributed by atoms with Gasteiger partial charge >= 0.3 is 0 Å². The highest BCUT2D eigenvalue weighted by atomic mass is 35.5. The number of nitriles is 1. The van der Waals surface area contributed by atoms with Crippen LogP contribution in [0.5, 0.6) is 11.6 Å². The summed E-state index contributed by atoms with van der Waals surface area (Å²) in [6.07, 6.45) is 0. The quantitative estimate of drug-likeness (QED) is 0.826. The molecule has 0 aliphatic rings. The smallest absolute Gasteiger partial charge is 0.220 e. The molecule has 1 aromatic heterocycles. The SMILES string of the molecule is Cc1cc(C#N)cc(Oc2ccc(Cl)c(F)c2)n1. The first-order valence-corrected chi connectivity index (χ1v) is 5.48. The number of pyridine rings is 1. The van der Waals surface area contributed by atoms with E-state index in [-0.39, 0.29) is 16.7 Å². The van der Waals surface area contributed by atoms with Crippen LogP contribution in [0.1, 0.15) is 11.3 Å². The highest BCUT2D eigenvalue weighted by Crippen LogP contribution is 2.25. The zero-order valence-corrected chi connectivity index (χ0v) is 10.2. The first-order chi connectivity index (χ1) is 8.58. The maximum Gasteiger partial charge on any atom is 0.220 e. The number of nitrogens with zero attached hydrogens (tertiary/aromatic N) is 2. The van der Waals surface area contributed by atoms with Crippen molar-refractivity contribution in [1.29, 1.82) is 5.26 Å². The molecule has 2 rings (SSSR count). The molecule has 0 aliphatic heterocycles. The van der Waals surface area contributed by atoms with E-state index in [1.165, 1.54) is 24.3 Å². The molecule has 0 atom stereocenters. The van der Waals surface area contributed by atoms with Gasteiger partial charge in [0.1, 0.15) is 11.6 Å². The monoisotopic (exact) mass is 262 g/mol. The van der Waals surface area contributed by atoms with Crippen molar-refractivity contribution in [3.63, 3.8) is 0 Å². The van der Waals surface area contributed by atoms with Gasteiger partial charge in [-0.05, 0) is 25.1 Å². The molecular weight excluding hydrogens is 255 g/mol. The average molecular weight is 263 g/mol. The molecule has 90 valence electrons. The predicted octanol–water partition coefficient (Wildman–Crippen LogP) is 3.85. The normalized spacial score (nSPS) is 9.89. The topological polar surface area (TPSA) is 45.9 Å². The molecule has 5 heteroatoms. The van der Waals surface area contributed by atoms with Crippen LogP contribution in [0.25, 0.3) is 0 Å². The Balaban J connectivity index is 2.31. The second-order valence-corrected chi connectivity index (χ2v) is 4.03. The van der Waals surface area contributed by atoms with Gasteiger partial charge in [-0.2, -0.15) is 5.26 Å². The third-order valence-electron chi connectivity index (χ3n) is 2.17. The molecule has 0 spiro atoms. The summed E-state index contributed by atoms with van der Waals surface area (Å²) >= 11 is 5.57. The van der Waals surface area contributed by atoms with E-state index >= 15 is 0 Å². The Hall–Kier alpha value is -2.12. The van der Waals surface area contributed by atoms with Crippen molar-refractivity contribution in [2.24, 2.45) is 0 Å². The Morgan fingerprint density at radius 2 is 2.11 bits per heavy atom. The van der Waals surface area contributed by atoms with Gasteiger partial charge in [0.15, 0.2) is 0 Å². The van der Waals surface area contributed by atoms with Gasteiger partial charge in [0.2, 0.25) is 5.88 Å². The second-order valence-electron chi connectivity index (χ2n) is 3.63. The van der Waals surface area contributed by atoms with E-state index in [0.29, 0.717) is 11.3 Å². The van der Waals surface area contributed by atoms with Crippen LogP contribution in [0, 0.1) is 24.1 Å². The summed E-state index contributed by atoms with van der Waals surface area (Å²) in [6, 6.07) is 9.21. The minimum atomic E-state index is -0.567. The molecule has 2 aromatic rings. The number of rotatable bonds is 2. The summed E-state index contributed by atoms with van der Waals surface area (Å²) in [6.45, 7) is 1.75. The molecule has 0 fully saturated rings. The second kappa shape index (κ2) is 5.03. The Kier molecular flexibility index (Phi) is 3.45. The Morgan fingerprint density at radius 3 is 2.78 bits per heavy atom. The van der Waals surface area contributed by atoms with Gasteiger partial charge in [0.25, 0.3) is 0 Å². The molecule has 0 bridgehead atoms. The van der Waals surface area contributed by atoms with Crippen LogP contribution < -0.4 is 4.74 Å². The predicted molar refractivity (Wildman–Crippen MR) is 65.2 cm³/mol. The first-order valence-electron chi connectivity index (χ1n) is 5.10. The van der Waals surface area contributed by atoms with E-state index in [1.807, 2.05) is 6.07 Å². The minimum absolute atomic E-state index is 0.0252. The lowest BCUT2D eigenvalue weighted by Crippen LogP contribution is -1.92. The fourth-order valence-corrected chi connectivity index (χ4v) is 1.53. The highest BCUT2D eigenvalue weighted by molar-refractivity contribution is 6.30. The van der Waals surface area contributed by atoms with Crippen LogP contribution >= 0.6 is 11.6 Å². The molecule has 0 radical (unpaired) electrons. The van der Waals surface area contributed by atoms with Gasteiger partial charge in [0, 0.05) is 17.8 Å². The average Bonchev–Trinajstić information content (AvgIpc) is 2.33. The standard InChI is InChI=1S/C13H8ClFN2O/c1-8-4-9(7-16)5-13(17-8)18-10-2-3-11(14)12(15)6-10/h2-6H,1H3. The molecule has 3 nitrogen and oxygen atoms in total. The molecule has 18 heavy (non-hydrogen) atoms. The van der Waals surface area contributed by atoms with Crippen LogP contribution in [0.3, 0.4) is 0 Å². The molecule has 1 aromatic carbocycles. The van der Waals surface area contributed by atoms with Crippen LogP contribution in [-0.2, 0) is 0 Å². The van der Waals surface area contributed by atoms with E-state index in [2.05, 4.69) is 4.98 Å². The van der Waals surface area contributed by atoms with Gasteiger partial charge in [-0.1, -0.05) is 11.6 Å². The number of hydrogen-bond acceptors (Lipinski definition) is 3. The van der Waals surface area contributed by atoms with Crippen molar-refractivity contribution in [2.45, 2.75) is 6.92 Å². The Bertz CT molecular complexity index is 637. The van der Waals surface area contributed by atoms with Crippen molar-refractivity contribution < 1.29 is 9.13 Å². The lowest BCUT2D eigenvalue weighted by atomic mass is 10.2. The largest absolute Gasteiger partial charge is 0.439 e. The third kappa shape index (κ3) is 2.76. The fourth-order valence-electron chi connectivity index (χ4n) is 1.42. The summed E-state index contributed by atoms with van der Waals surface area (Å²) < 4.78 is 18.6. The summed E-state index contributed by atoms with van der Waals surface area (Å²) in [5.74, 6) is -0.0468. The number of aromatic nitrogens is 1. The number of hydrogen-bond donors (Lipinski definition) is 0. The van der Waals surface area contributed by atoms with Gasteiger partial charge < -0.3 is 4.74 Å². The van der Waals surface area contributed by atoms with Crippen molar-refractivity contribution in [3.8, 4) is 17.7 Å². The minimum Gasteiger partial charge on any atom is -0.439 e. The van der Waals surface area contributed by atoms with Crippen molar-refractivity contribution in [2.75, 3.05) is 0 Å². The lowest BCUT2D eigenvalue weighted by molar-refractivity contribution is 0.457. The molecule has 0 saturated carbocycles. The first kappa shape index (κ1) is 12.3. The van der Waals surface area contributed by atoms with E-state index in [4.69, 9.17) is 21.6 Å². The highest BCUT2D eigenvalue weighted by Gasteiger charge is 2.05. The summed E-state index contributed by atoms with van der Waals surface area (Å²) in [4.78, 5) is 4.10. The van der Waals surface area contributed by atoms with Gasteiger partial charge in [-0.3, -0.25) is 0 Å². The van der Waals surface area contributed by atoms with Crippen molar-refractivity contribution in [1.82, 2.24) is 4.98 Å². The number of ether oxygens (including phenoxy) is 1. The number of benzene rings is 1.